The van der Waals surface area contributed by atoms with E-state index < -0.39 is 0 Å². The monoisotopic (exact) mass is 421 g/mol. The summed E-state index contributed by atoms with van der Waals surface area (Å²) in [6.07, 6.45) is 0. The number of anilines is 3. The van der Waals surface area contributed by atoms with Gasteiger partial charge in [-0.3, -0.25) is 4.79 Å². The second-order valence-corrected chi connectivity index (χ2v) is 7.91. The van der Waals surface area contributed by atoms with Gasteiger partial charge in [-0.05, 0) is 31.2 Å². The van der Waals surface area contributed by atoms with E-state index >= 15 is 0 Å². The summed E-state index contributed by atoms with van der Waals surface area (Å²) in [4.78, 5) is 17.7. The summed E-state index contributed by atoms with van der Waals surface area (Å²) in [5.74, 6) is 0.119. The van der Waals surface area contributed by atoms with Crippen LogP contribution in [0, 0.1) is 6.92 Å². The van der Waals surface area contributed by atoms with Crippen molar-refractivity contribution in [2.45, 2.75) is 6.92 Å². The second kappa shape index (κ2) is 8.61. The van der Waals surface area contributed by atoms with Gasteiger partial charge in [-0.15, -0.1) is 0 Å². The number of fused-ring (bicyclic) bond motifs is 1. The minimum Gasteiger partial charge on any atom is -0.451 e. The van der Waals surface area contributed by atoms with E-state index in [0.29, 0.717) is 19.0 Å². The largest absolute Gasteiger partial charge is 0.451 e. The number of hydrogen-bond donors (Lipinski definition) is 1. The lowest BCUT2D eigenvalue weighted by atomic mass is 10.1. The van der Waals surface area contributed by atoms with Crippen LogP contribution in [-0.4, -0.2) is 58.5 Å². The van der Waals surface area contributed by atoms with Crippen molar-refractivity contribution in [2.75, 3.05) is 67.7 Å². The van der Waals surface area contributed by atoms with Crippen LogP contribution in [0.2, 0.25) is 0 Å². The Balaban J connectivity index is 1.46. The fraction of sp³-hybridized carbons (Fsp3) is 0.375. The lowest BCUT2D eigenvalue weighted by Crippen LogP contribution is -2.38. The number of hydrogen-bond acceptors (Lipinski definition) is 6. The number of para-hydroxylation sites is 1. The number of morpholine rings is 2. The van der Waals surface area contributed by atoms with Gasteiger partial charge in [0.2, 0.25) is 0 Å². The summed E-state index contributed by atoms with van der Waals surface area (Å²) < 4.78 is 16.9. The molecule has 2 aromatic carbocycles. The Morgan fingerprint density at radius 1 is 0.903 bits per heavy atom. The molecule has 0 bridgehead atoms. The number of benzene rings is 2. The Kier molecular flexibility index (Phi) is 5.53. The Morgan fingerprint density at radius 3 is 2.29 bits per heavy atom. The van der Waals surface area contributed by atoms with Gasteiger partial charge in [-0.2, -0.15) is 0 Å². The molecule has 0 atom stereocenters. The number of carbonyl (C=O) groups excluding carboxylic acids is 1. The number of ether oxygens (including phenoxy) is 2. The first-order chi connectivity index (χ1) is 15.2. The van der Waals surface area contributed by atoms with Crippen LogP contribution in [0.4, 0.5) is 17.1 Å². The van der Waals surface area contributed by atoms with E-state index in [1.54, 1.807) is 0 Å². The summed E-state index contributed by atoms with van der Waals surface area (Å²) in [6, 6.07) is 13.9. The Morgan fingerprint density at radius 2 is 1.58 bits per heavy atom. The maximum atomic E-state index is 13.2. The standard InChI is InChI=1S/C24H27N3O4/c1-17-19-4-2-3-5-22(19)31-23(17)24(28)25-20-7-6-18(26-8-12-29-13-9-26)16-21(20)27-10-14-30-15-11-27/h2-7,16H,8-15H2,1H3,(H,25,28). The summed E-state index contributed by atoms with van der Waals surface area (Å²) in [7, 11) is 0. The van der Waals surface area contributed by atoms with Gasteiger partial charge in [0.25, 0.3) is 5.91 Å². The van der Waals surface area contributed by atoms with Gasteiger partial charge < -0.3 is 29.0 Å². The number of carbonyl (C=O) groups is 1. The zero-order valence-electron chi connectivity index (χ0n) is 17.7. The van der Waals surface area contributed by atoms with Crippen LogP contribution in [0.15, 0.2) is 46.9 Å². The molecule has 1 aromatic heterocycles. The summed E-state index contributed by atoms with van der Waals surface area (Å²) in [6.45, 7) is 8.06. The van der Waals surface area contributed by atoms with Gasteiger partial charge in [0.05, 0.1) is 37.8 Å². The maximum absolute atomic E-state index is 13.2. The number of nitrogens with zero attached hydrogens (tertiary/aromatic N) is 2. The molecule has 31 heavy (non-hydrogen) atoms. The molecule has 2 fully saturated rings. The number of aryl methyl sites for hydroxylation is 1. The van der Waals surface area contributed by atoms with Crippen LogP contribution in [0.5, 0.6) is 0 Å². The number of furan rings is 1. The van der Waals surface area contributed by atoms with Gasteiger partial charge >= 0.3 is 0 Å². The number of rotatable bonds is 4. The molecule has 7 heteroatoms. The topological polar surface area (TPSA) is 67.2 Å². The molecule has 0 unspecified atom stereocenters. The van der Waals surface area contributed by atoms with Gasteiger partial charge in [-0.25, -0.2) is 0 Å². The molecule has 3 aromatic rings. The normalized spacial score (nSPS) is 17.2. The molecular formula is C24H27N3O4. The van der Waals surface area contributed by atoms with Crippen molar-refractivity contribution in [3.05, 3.63) is 53.8 Å². The first kappa shape index (κ1) is 19.9. The van der Waals surface area contributed by atoms with Gasteiger partial charge in [-0.1, -0.05) is 18.2 Å². The van der Waals surface area contributed by atoms with Crippen LogP contribution >= 0.6 is 0 Å². The molecule has 3 heterocycles. The molecular weight excluding hydrogens is 394 g/mol. The Bertz CT molecular complexity index is 1080. The van der Waals surface area contributed by atoms with Crippen molar-refractivity contribution in [1.82, 2.24) is 0 Å². The lowest BCUT2D eigenvalue weighted by Gasteiger charge is -2.33. The molecule has 1 amide bonds. The van der Waals surface area contributed by atoms with E-state index in [9.17, 15) is 4.79 Å². The highest BCUT2D eigenvalue weighted by molar-refractivity contribution is 6.08. The molecule has 2 saturated heterocycles. The van der Waals surface area contributed by atoms with Gasteiger partial charge in [0.1, 0.15) is 5.58 Å². The van der Waals surface area contributed by atoms with Crippen LogP contribution < -0.4 is 15.1 Å². The minimum absolute atomic E-state index is 0.234. The fourth-order valence-electron chi connectivity index (χ4n) is 4.28. The lowest BCUT2D eigenvalue weighted by molar-refractivity contribution is 0.0998. The molecule has 0 aliphatic carbocycles. The van der Waals surface area contributed by atoms with Gasteiger partial charge in [0.15, 0.2) is 5.76 Å². The van der Waals surface area contributed by atoms with Crippen LogP contribution in [0.3, 0.4) is 0 Å². The van der Waals surface area contributed by atoms with Crippen molar-refractivity contribution in [3.8, 4) is 0 Å². The number of amides is 1. The molecule has 2 aliphatic rings. The first-order valence-electron chi connectivity index (χ1n) is 10.8. The summed E-state index contributed by atoms with van der Waals surface area (Å²) in [5.41, 5.74) is 4.51. The van der Waals surface area contributed by atoms with E-state index in [4.69, 9.17) is 13.9 Å². The van der Waals surface area contributed by atoms with E-state index in [-0.39, 0.29) is 5.91 Å². The van der Waals surface area contributed by atoms with Gasteiger partial charge in [0, 0.05) is 42.8 Å². The van der Waals surface area contributed by atoms with Crippen molar-refractivity contribution < 1.29 is 18.7 Å². The van der Waals surface area contributed by atoms with E-state index in [1.807, 2.05) is 37.3 Å². The SMILES string of the molecule is Cc1c(C(=O)Nc2ccc(N3CCOCC3)cc2N2CCOCC2)oc2ccccc12. The average Bonchev–Trinajstić information content (AvgIpc) is 3.17. The fourth-order valence-corrected chi connectivity index (χ4v) is 4.28. The predicted molar refractivity (Wildman–Crippen MR) is 121 cm³/mol. The average molecular weight is 421 g/mol. The van der Waals surface area contributed by atoms with Crippen LogP contribution in [0.25, 0.3) is 11.0 Å². The molecule has 1 N–H and O–H groups in total. The number of nitrogens with one attached hydrogen (secondary N) is 1. The van der Waals surface area contributed by atoms with Crippen molar-refractivity contribution >= 4 is 33.9 Å². The van der Waals surface area contributed by atoms with Crippen molar-refractivity contribution in [2.24, 2.45) is 0 Å². The second-order valence-electron chi connectivity index (χ2n) is 7.91. The molecule has 0 spiro atoms. The molecule has 0 saturated carbocycles. The zero-order valence-corrected chi connectivity index (χ0v) is 17.7. The summed E-state index contributed by atoms with van der Waals surface area (Å²) >= 11 is 0. The minimum atomic E-state index is -0.234. The molecule has 5 rings (SSSR count). The third kappa shape index (κ3) is 3.98. The highest BCUT2D eigenvalue weighted by Crippen LogP contribution is 2.33. The van der Waals surface area contributed by atoms with Crippen LogP contribution in [0.1, 0.15) is 16.1 Å². The smallest absolute Gasteiger partial charge is 0.291 e. The van der Waals surface area contributed by atoms with E-state index in [0.717, 1.165) is 73.0 Å². The van der Waals surface area contributed by atoms with Crippen LogP contribution in [-0.2, 0) is 9.47 Å². The molecule has 162 valence electrons. The molecule has 0 radical (unpaired) electrons. The third-order valence-electron chi connectivity index (χ3n) is 6.01. The Labute approximate surface area is 181 Å². The van der Waals surface area contributed by atoms with Crippen molar-refractivity contribution in [1.29, 1.82) is 0 Å². The highest BCUT2D eigenvalue weighted by Gasteiger charge is 2.22. The Hall–Kier alpha value is -3.03. The quantitative estimate of drug-likeness (QED) is 0.693. The van der Waals surface area contributed by atoms with E-state index in [2.05, 4.69) is 27.2 Å². The first-order valence-corrected chi connectivity index (χ1v) is 10.8. The molecule has 7 nitrogen and oxygen atoms in total. The summed E-state index contributed by atoms with van der Waals surface area (Å²) in [5, 5.41) is 4.06. The predicted octanol–water partition coefficient (Wildman–Crippen LogP) is 3.67. The highest BCUT2D eigenvalue weighted by atomic mass is 16.5. The third-order valence-corrected chi connectivity index (χ3v) is 6.01. The maximum Gasteiger partial charge on any atom is 0.291 e. The van der Waals surface area contributed by atoms with E-state index in [1.165, 1.54) is 0 Å². The zero-order chi connectivity index (χ0) is 21.2. The van der Waals surface area contributed by atoms with Crippen molar-refractivity contribution in [3.63, 3.8) is 0 Å². The molecule has 2 aliphatic heterocycles.